The maximum atomic E-state index is 13.5. The van der Waals surface area contributed by atoms with E-state index in [1.54, 1.807) is 6.92 Å². The lowest BCUT2D eigenvalue weighted by atomic mass is 10.0. The minimum atomic E-state index is -1.26. The van der Waals surface area contributed by atoms with Gasteiger partial charge in [0.1, 0.15) is 23.2 Å². The summed E-state index contributed by atoms with van der Waals surface area (Å²) in [5, 5.41) is 0. The number of benzene rings is 1. The van der Waals surface area contributed by atoms with E-state index in [9.17, 15) is 18.0 Å². The summed E-state index contributed by atoms with van der Waals surface area (Å²) in [6.45, 7) is 2.10. The van der Waals surface area contributed by atoms with Crippen LogP contribution in [0.25, 0.3) is 0 Å². The van der Waals surface area contributed by atoms with Gasteiger partial charge < -0.3 is 4.74 Å². The first-order chi connectivity index (χ1) is 9.52. The summed E-state index contributed by atoms with van der Waals surface area (Å²) >= 11 is 0. The minimum Gasteiger partial charge on any atom is -0.492 e. The summed E-state index contributed by atoms with van der Waals surface area (Å²) in [4.78, 5) is 15.8. The van der Waals surface area contributed by atoms with E-state index in [2.05, 4.69) is 4.98 Å². The summed E-state index contributed by atoms with van der Waals surface area (Å²) in [6.07, 6.45) is 2.53. The Morgan fingerprint density at radius 1 is 1.15 bits per heavy atom. The van der Waals surface area contributed by atoms with Gasteiger partial charge in [0.05, 0.1) is 18.4 Å². The molecule has 1 heterocycles. The molecule has 0 spiro atoms. The van der Waals surface area contributed by atoms with E-state index in [0.29, 0.717) is 24.5 Å². The van der Waals surface area contributed by atoms with Crippen molar-refractivity contribution in [3.63, 3.8) is 0 Å². The highest BCUT2D eigenvalue weighted by Crippen LogP contribution is 2.20. The van der Waals surface area contributed by atoms with Crippen LogP contribution in [0.3, 0.4) is 0 Å². The second kappa shape index (κ2) is 5.73. The van der Waals surface area contributed by atoms with Gasteiger partial charge in [-0.2, -0.15) is 0 Å². The first-order valence-corrected chi connectivity index (χ1v) is 5.80. The standard InChI is InChI=1S/C14H10F3NO2/c1-2-20-10-3-8(6-18-7-10)14(19)13-11(16)4-9(15)5-12(13)17/h3-7H,2H2,1H3. The molecule has 20 heavy (non-hydrogen) atoms. The van der Waals surface area contributed by atoms with Gasteiger partial charge >= 0.3 is 0 Å². The van der Waals surface area contributed by atoms with Gasteiger partial charge in [-0.1, -0.05) is 0 Å². The first kappa shape index (κ1) is 14.0. The Morgan fingerprint density at radius 3 is 2.40 bits per heavy atom. The largest absolute Gasteiger partial charge is 0.492 e. The van der Waals surface area contributed by atoms with Crippen LogP contribution in [-0.4, -0.2) is 17.4 Å². The molecule has 1 aromatic carbocycles. The van der Waals surface area contributed by atoms with Crippen molar-refractivity contribution < 1.29 is 22.7 Å². The smallest absolute Gasteiger partial charge is 0.200 e. The summed E-state index contributed by atoms with van der Waals surface area (Å²) in [5.41, 5.74) is -0.859. The van der Waals surface area contributed by atoms with Crippen molar-refractivity contribution in [2.75, 3.05) is 6.61 Å². The van der Waals surface area contributed by atoms with Crippen molar-refractivity contribution in [1.29, 1.82) is 0 Å². The molecule has 3 nitrogen and oxygen atoms in total. The fourth-order valence-corrected chi connectivity index (χ4v) is 1.69. The van der Waals surface area contributed by atoms with E-state index in [4.69, 9.17) is 4.74 Å². The van der Waals surface area contributed by atoms with Crippen LogP contribution < -0.4 is 4.74 Å². The van der Waals surface area contributed by atoms with Gasteiger partial charge in [-0.05, 0) is 13.0 Å². The predicted octanol–water partition coefficient (Wildman–Crippen LogP) is 3.13. The predicted molar refractivity (Wildman–Crippen MR) is 65.2 cm³/mol. The number of hydrogen-bond acceptors (Lipinski definition) is 3. The summed E-state index contributed by atoms with van der Waals surface area (Å²) < 4.78 is 45.1. The van der Waals surface area contributed by atoms with Gasteiger partial charge in [0, 0.05) is 23.9 Å². The summed E-state index contributed by atoms with van der Waals surface area (Å²) in [6, 6.07) is 2.23. The molecule has 0 saturated carbocycles. The van der Waals surface area contributed by atoms with Crippen LogP contribution in [0, 0.1) is 17.5 Å². The molecule has 1 aromatic heterocycles. The topological polar surface area (TPSA) is 39.2 Å². The van der Waals surface area contributed by atoms with E-state index in [-0.39, 0.29) is 5.56 Å². The molecule has 104 valence electrons. The number of ether oxygens (including phenoxy) is 1. The van der Waals surface area contributed by atoms with Gasteiger partial charge in [-0.25, -0.2) is 13.2 Å². The maximum absolute atomic E-state index is 13.5. The number of hydrogen-bond donors (Lipinski definition) is 0. The van der Waals surface area contributed by atoms with E-state index in [1.165, 1.54) is 12.3 Å². The van der Waals surface area contributed by atoms with E-state index in [1.807, 2.05) is 0 Å². The lowest BCUT2D eigenvalue weighted by Gasteiger charge is -2.06. The molecule has 2 aromatic rings. The van der Waals surface area contributed by atoms with Crippen LogP contribution >= 0.6 is 0 Å². The number of carbonyl (C=O) groups is 1. The van der Waals surface area contributed by atoms with Crippen molar-refractivity contribution in [2.24, 2.45) is 0 Å². The van der Waals surface area contributed by atoms with Crippen molar-refractivity contribution in [3.05, 3.63) is 59.2 Å². The van der Waals surface area contributed by atoms with Crippen molar-refractivity contribution in [2.45, 2.75) is 6.92 Å². The van der Waals surface area contributed by atoms with Crippen molar-refractivity contribution in [1.82, 2.24) is 4.98 Å². The Kier molecular flexibility index (Phi) is 4.02. The fraction of sp³-hybridized carbons (Fsp3) is 0.143. The molecular weight excluding hydrogens is 271 g/mol. The number of aromatic nitrogens is 1. The molecule has 0 amide bonds. The second-order valence-electron chi connectivity index (χ2n) is 3.92. The number of carbonyl (C=O) groups excluding carboxylic acids is 1. The highest BCUT2D eigenvalue weighted by Gasteiger charge is 2.21. The number of rotatable bonds is 4. The SMILES string of the molecule is CCOc1cncc(C(=O)c2c(F)cc(F)cc2F)c1. The van der Waals surface area contributed by atoms with Crippen molar-refractivity contribution in [3.8, 4) is 5.75 Å². The monoisotopic (exact) mass is 281 g/mol. The quantitative estimate of drug-likeness (QED) is 0.808. The molecule has 0 aliphatic carbocycles. The third-order valence-electron chi connectivity index (χ3n) is 2.52. The number of halogens is 3. The van der Waals surface area contributed by atoms with E-state index in [0.717, 1.165) is 6.20 Å². The fourth-order valence-electron chi connectivity index (χ4n) is 1.69. The Morgan fingerprint density at radius 2 is 1.80 bits per heavy atom. The van der Waals surface area contributed by atoms with Gasteiger partial charge in [0.2, 0.25) is 5.78 Å². The number of pyridine rings is 1. The molecule has 0 N–H and O–H groups in total. The molecule has 0 aliphatic rings. The summed E-state index contributed by atoms with van der Waals surface area (Å²) in [5.74, 6) is -4.21. The maximum Gasteiger partial charge on any atom is 0.200 e. The molecule has 0 aliphatic heterocycles. The molecule has 0 unspecified atom stereocenters. The Labute approximate surface area is 113 Å². The van der Waals surface area contributed by atoms with Gasteiger partial charge in [0.25, 0.3) is 0 Å². The number of ketones is 1. The van der Waals surface area contributed by atoms with Gasteiger partial charge in [0.15, 0.2) is 0 Å². The zero-order valence-corrected chi connectivity index (χ0v) is 10.5. The second-order valence-corrected chi connectivity index (χ2v) is 3.92. The van der Waals surface area contributed by atoms with Crippen LogP contribution in [0.15, 0.2) is 30.6 Å². The van der Waals surface area contributed by atoms with E-state index < -0.39 is 28.8 Å². The average molecular weight is 281 g/mol. The van der Waals surface area contributed by atoms with Gasteiger partial charge in [-0.15, -0.1) is 0 Å². The highest BCUT2D eigenvalue weighted by molar-refractivity contribution is 6.09. The summed E-state index contributed by atoms with van der Waals surface area (Å²) in [7, 11) is 0. The third-order valence-corrected chi connectivity index (χ3v) is 2.52. The first-order valence-electron chi connectivity index (χ1n) is 5.80. The third kappa shape index (κ3) is 2.79. The molecule has 0 radical (unpaired) electrons. The average Bonchev–Trinajstić information content (AvgIpc) is 2.38. The lowest BCUT2D eigenvalue weighted by Crippen LogP contribution is -2.09. The van der Waals surface area contributed by atoms with Crippen LogP contribution in [0.1, 0.15) is 22.8 Å². The highest BCUT2D eigenvalue weighted by atomic mass is 19.1. The molecule has 6 heteroatoms. The van der Waals surface area contributed by atoms with Gasteiger partial charge in [-0.3, -0.25) is 9.78 Å². The van der Waals surface area contributed by atoms with Crippen LogP contribution in [0.4, 0.5) is 13.2 Å². The normalized spacial score (nSPS) is 10.4. The van der Waals surface area contributed by atoms with Crippen molar-refractivity contribution >= 4 is 5.78 Å². The molecular formula is C14H10F3NO2. The van der Waals surface area contributed by atoms with Crippen LogP contribution in [0.5, 0.6) is 5.75 Å². The van der Waals surface area contributed by atoms with Crippen LogP contribution in [-0.2, 0) is 0 Å². The molecule has 0 atom stereocenters. The molecule has 2 rings (SSSR count). The molecule has 0 saturated heterocycles. The Hall–Kier alpha value is -2.37. The van der Waals surface area contributed by atoms with E-state index >= 15 is 0 Å². The molecule has 0 bridgehead atoms. The number of nitrogens with zero attached hydrogens (tertiary/aromatic N) is 1. The minimum absolute atomic E-state index is 0.0413. The van der Waals surface area contributed by atoms with Crippen LogP contribution in [0.2, 0.25) is 0 Å². The zero-order valence-electron chi connectivity index (χ0n) is 10.5. The zero-order chi connectivity index (χ0) is 14.7. The molecule has 0 fully saturated rings. The Balaban J connectivity index is 2.44. The Bertz CT molecular complexity index is 636. The lowest BCUT2D eigenvalue weighted by molar-refractivity contribution is 0.103.